The average Bonchev–Trinajstić information content (AvgIpc) is 3.06. The number of ether oxygens (including phenoxy) is 1. The number of hydrogen-bond acceptors (Lipinski definition) is 2. The predicted octanol–water partition coefficient (Wildman–Crippen LogP) is 4.26. The van der Waals surface area contributed by atoms with Crippen molar-refractivity contribution in [3.63, 3.8) is 0 Å². The van der Waals surface area contributed by atoms with Crippen LogP contribution in [0.4, 0.5) is 0 Å². The molecule has 0 unspecified atom stereocenters. The maximum absolute atomic E-state index is 11.1. The van der Waals surface area contributed by atoms with E-state index in [4.69, 9.17) is 9.84 Å². The number of carbonyl (C=O) groups is 1. The minimum absolute atomic E-state index is 0.0524. The molecule has 1 aliphatic rings. The first-order valence-electron chi connectivity index (χ1n) is 6.80. The normalized spacial score (nSPS) is 16.9. The van der Waals surface area contributed by atoms with Gasteiger partial charge in [0.15, 0.2) is 0 Å². The zero-order chi connectivity index (χ0) is 15.1. The molecule has 0 heterocycles. The molecule has 20 heavy (non-hydrogen) atoms. The van der Waals surface area contributed by atoms with Crippen LogP contribution in [0.1, 0.15) is 51.2 Å². The Bertz CT molecular complexity index is 539. The molecular weight excluding hydrogens is 320 g/mol. The fourth-order valence-electron chi connectivity index (χ4n) is 2.75. The minimum Gasteiger partial charge on any atom is -0.496 e. The topological polar surface area (TPSA) is 46.5 Å². The smallest absolute Gasteiger partial charge is 0.304 e. The van der Waals surface area contributed by atoms with Gasteiger partial charge >= 0.3 is 5.97 Å². The first kappa shape index (κ1) is 15.4. The lowest BCUT2D eigenvalue weighted by Crippen LogP contribution is -2.19. The Kier molecular flexibility index (Phi) is 3.89. The highest BCUT2D eigenvalue weighted by Crippen LogP contribution is 2.56. The lowest BCUT2D eigenvalue weighted by Gasteiger charge is -2.27. The van der Waals surface area contributed by atoms with Crippen molar-refractivity contribution in [1.29, 1.82) is 0 Å². The molecule has 1 aliphatic carbocycles. The molecule has 110 valence electrons. The van der Waals surface area contributed by atoms with Gasteiger partial charge in [-0.05, 0) is 30.4 Å². The number of methoxy groups -OCH3 is 1. The summed E-state index contributed by atoms with van der Waals surface area (Å²) in [7, 11) is 1.67. The monoisotopic (exact) mass is 340 g/mol. The fourth-order valence-corrected chi connectivity index (χ4v) is 3.20. The molecule has 2 rings (SSSR count). The standard InChI is InChI=1S/C16H21BrO3/c1-15(2,3)11-7-10(17)8-12(14(11)20-4)16(5-6-16)9-13(18)19/h7-8H,5-6,9H2,1-4H3,(H,18,19). The van der Waals surface area contributed by atoms with Gasteiger partial charge in [-0.2, -0.15) is 0 Å². The number of benzene rings is 1. The molecular formula is C16H21BrO3. The van der Waals surface area contributed by atoms with Gasteiger partial charge in [-0.1, -0.05) is 36.7 Å². The molecule has 3 nitrogen and oxygen atoms in total. The number of hydrogen-bond donors (Lipinski definition) is 1. The first-order valence-corrected chi connectivity index (χ1v) is 7.59. The summed E-state index contributed by atoms with van der Waals surface area (Å²) in [6, 6.07) is 4.09. The van der Waals surface area contributed by atoms with E-state index in [1.54, 1.807) is 7.11 Å². The van der Waals surface area contributed by atoms with Crippen molar-refractivity contribution >= 4 is 21.9 Å². The summed E-state index contributed by atoms with van der Waals surface area (Å²) in [5, 5.41) is 9.16. The van der Waals surface area contributed by atoms with Crippen LogP contribution in [0.25, 0.3) is 0 Å². The molecule has 1 aromatic carbocycles. The van der Waals surface area contributed by atoms with Crippen molar-refractivity contribution < 1.29 is 14.6 Å². The van der Waals surface area contributed by atoms with E-state index in [2.05, 4.69) is 42.8 Å². The van der Waals surface area contributed by atoms with E-state index in [0.29, 0.717) is 0 Å². The molecule has 0 aromatic heterocycles. The zero-order valence-electron chi connectivity index (χ0n) is 12.4. The second-order valence-corrected chi connectivity index (χ2v) is 7.55. The Morgan fingerprint density at radius 3 is 2.40 bits per heavy atom. The van der Waals surface area contributed by atoms with Crippen molar-refractivity contribution in [3.05, 3.63) is 27.7 Å². The fraction of sp³-hybridized carbons (Fsp3) is 0.562. The van der Waals surface area contributed by atoms with Crippen molar-refractivity contribution in [2.75, 3.05) is 7.11 Å². The number of rotatable bonds is 4. The molecule has 0 bridgehead atoms. The van der Waals surface area contributed by atoms with Crippen LogP contribution in [0.3, 0.4) is 0 Å². The summed E-state index contributed by atoms with van der Waals surface area (Å²) in [5.74, 6) is 0.0984. The maximum atomic E-state index is 11.1. The molecule has 0 atom stereocenters. The molecule has 1 saturated carbocycles. The molecule has 1 fully saturated rings. The van der Waals surface area contributed by atoms with Gasteiger partial charge in [-0.25, -0.2) is 0 Å². The molecule has 4 heteroatoms. The lowest BCUT2D eigenvalue weighted by molar-refractivity contribution is -0.137. The molecule has 0 amide bonds. The average molecular weight is 341 g/mol. The summed E-state index contributed by atoms with van der Waals surface area (Å²) < 4.78 is 6.63. The van der Waals surface area contributed by atoms with Crippen molar-refractivity contribution in [3.8, 4) is 5.75 Å². The van der Waals surface area contributed by atoms with Crippen molar-refractivity contribution in [2.24, 2.45) is 0 Å². The van der Waals surface area contributed by atoms with Gasteiger partial charge in [0, 0.05) is 21.0 Å². The SMILES string of the molecule is COc1c(C(C)(C)C)cc(Br)cc1C1(CC(=O)O)CC1. The van der Waals surface area contributed by atoms with E-state index in [9.17, 15) is 4.79 Å². The van der Waals surface area contributed by atoms with Gasteiger partial charge in [0.2, 0.25) is 0 Å². The van der Waals surface area contributed by atoms with E-state index in [-0.39, 0.29) is 17.3 Å². The van der Waals surface area contributed by atoms with E-state index in [0.717, 1.165) is 34.2 Å². The van der Waals surface area contributed by atoms with Gasteiger partial charge in [0.1, 0.15) is 5.75 Å². The van der Waals surface area contributed by atoms with E-state index >= 15 is 0 Å². The molecule has 0 saturated heterocycles. The lowest BCUT2D eigenvalue weighted by atomic mass is 9.81. The van der Waals surface area contributed by atoms with E-state index < -0.39 is 5.97 Å². The van der Waals surface area contributed by atoms with Crippen molar-refractivity contribution in [2.45, 2.75) is 50.9 Å². The highest BCUT2D eigenvalue weighted by Gasteiger charge is 2.48. The molecule has 1 aromatic rings. The summed E-state index contributed by atoms with van der Waals surface area (Å²) in [5.41, 5.74) is 1.84. The number of carboxylic acid groups (broad SMARTS) is 1. The third-order valence-corrected chi connectivity index (χ3v) is 4.44. The van der Waals surface area contributed by atoms with Crippen molar-refractivity contribution in [1.82, 2.24) is 0 Å². The van der Waals surface area contributed by atoms with Gasteiger partial charge in [0.25, 0.3) is 0 Å². The Morgan fingerprint density at radius 2 is 2.00 bits per heavy atom. The molecule has 0 aliphatic heterocycles. The summed E-state index contributed by atoms with van der Waals surface area (Å²) >= 11 is 3.55. The largest absolute Gasteiger partial charge is 0.496 e. The molecule has 1 N–H and O–H groups in total. The van der Waals surface area contributed by atoms with E-state index in [1.807, 2.05) is 6.07 Å². The van der Waals surface area contributed by atoms with Crippen LogP contribution < -0.4 is 4.74 Å². The summed E-state index contributed by atoms with van der Waals surface area (Å²) in [6.07, 6.45) is 1.99. The van der Waals surface area contributed by atoms with Crippen LogP contribution in [0.5, 0.6) is 5.75 Å². The number of carboxylic acids is 1. The maximum Gasteiger partial charge on any atom is 0.304 e. The Labute approximate surface area is 128 Å². The third kappa shape index (κ3) is 2.85. The van der Waals surface area contributed by atoms with Gasteiger partial charge in [-0.3, -0.25) is 4.79 Å². The Morgan fingerprint density at radius 1 is 1.40 bits per heavy atom. The number of halogens is 1. The molecule has 0 radical (unpaired) electrons. The zero-order valence-corrected chi connectivity index (χ0v) is 14.0. The number of aliphatic carboxylic acids is 1. The molecule has 0 spiro atoms. The van der Waals surface area contributed by atoms with Gasteiger partial charge in [-0.15, -0.1) is 0 Å². The van der Waals surface area contributed by atoms with Crippen LogP contribution in [-0.4, -0.2) is 18.2 Å². The second-order valence-electron chi connectivity index (χ2n) is 6.64. The second kappa shape index (κ2) is 5.06. The predicted molar refractivity (Wildman–Crippen MR) is 82.6 cm³/mol. The first-order chi connectivity index (χ1) is 9.19. The third-order valence-electron chi connectivity index (χ3n) is 3.98. The Hall–Kier alpha value is -1.03. The van der Waals surface area contributed by atoms with Crippen LogP contribution in [0.15, 0.2) is 16.6 Å². The van der Waals surface area contributed by atoms with Gasteiger partial charge < -0.3 is 9.84 Å². The van der Waals surface area contributed by atoms with Crippen LogP contribution in [0, 0.1) is 0 Å². The Balaban J connectivity index is 2.59. The van der Waals surface area contributed by atoms with E-state index in [1.165, 1.54) is 0 Å². The minimum atomic E-state index is -0.748. The summed E-state index contributed by atoms with van der Waals surface area (Å²) in [6.45, 7) is 6.41. The van der Waals surface area contributed by atoms with Crippen LogP contribution in [0.2, 0.25) is 0 Å². The quantitative estimate of drug-likeness (QED) is 0.890. The van der Waals surface area contributed by atoms with Gasteiger partial charge in [0.05, 0.1) is 13.5 Å². The highest BCUT2D eigenvalue weighted by atomic mass is 79.9. The van der Waals surface area contributed by atoms with Crippen LogP contribution >= 0.6 is 15.9 Å². The van der Waals surface area contributed by atoms with Crippen LogP contribution in [-0.2, 0) is 15.6 Å². The highest BCUT2D eigenvalue weighted by molar-refractivity contribution is 9.10. The summed E-state index contributed by atoms with van der Waals surface area (Å²) in [4.78, 5) is 11.1.